The molecule has 0 N–H and O–H groups in total. The van der Waals surface area contributed by atoms with Gasteiger partial charge in [-0.3, -0.25) is 9.69 Å². The quantitative estimate of drug-likeness (QED) is 0.430. The second-order valence-corrected chi connectivity index (χ2v) is 10.5. The van der Waals surface area contributed by atoms with E-state index < -0.39 is 15.7 Å². The van der Waals surface area contributed by atoms with Crippen molar-refractivity contribution in [3.05, 3.63) is 42.0 Å². The van der Waals surface area contributed by atoms with Gasteiger partial charge in [-0.05, 0) is 51.3 Å². The molecule has 33 heavy (non-hydrogen) atoms. The van der Waals surface area contributed by atoms with Gasteiger partial charge >= 0.3 is 0 Å². The highest BCUT2D eigenvalue weighted by Gasteiger charge is 2.27. The number of ether oxygens (including phenoxy) is 2. The standard InChI is InChI=1S/C22H27N3O5S2.ClH/c1-24(2)13-8-14-25(21(26)15-9-6-7-10-18(15)32(5,27)28)22-23-19-16(29-3)11-12-17(30-4)20(19)31-22;/h6-7,9-12H,8,13-14H2,1-5H3;1H. The van der Waals surface area contributed by atoms with E-state index in [1.807, 2.05) is 19.0 Å². The first kappa shape index (κ1) is 26.8. The average Bonchev–Trinajstić information content (AvgIpc) is 3.20. The highest BCUT2D eigenvalue weighted by Crippen LogP contribution is 2.40. The Balaban J connectivity index is 0.00000385. The summed E-state index contributed by atoms with van der Waals surface area (Å²) in [4.78, 5) is 21.9. The normalized spacial score (nSPS) is 11.3. The number of aromatic nitrogens is 1. The smallest absolute Gasteiger partial charge is 0.261 e. The Kier molecular flexibility index (Phi) is 9.07. The van der Waals surface area contributed by atoms with Crippen LogP contribution >= 0.6 is 23.7 Å². The number of nitrogens with zero attached hydrogens (tertiary/aromatic N) is 3. The summed E-state index contributed by atoms with van der Waals surface area (Å²) in [6.07, 6.45) is 1.78. The van der Waals surface area contributed by atoms with Gasteiger partial charge in [-0.25, -0.2) is 13.4 Å². The van der Waals surface area contributed by atoms with Crippen LogP contribution in [0, 0.1) is 0 Å². The van der Waals surface area contributed by atoms with Crippen molar-refractivity contribution >= 4 is 54.8 Å². The van der Waals surface area contributed by atoms with Gasteiger partial charge in [0.25, 0.3) is 5.91 Å². The molecule has 180 valence electrons. The van der Waals surface area contributed by atoms with E-state index in [1.165, 1.54) is 28.4 Å². The number of sulfone groups is 1. The second kappa shape index (κ2) is 11.1. The molecule has 0 unspecified atom stereocenters. The van der Waals surface area contributed by atoms with Crippen LogP contribution in [-0.4, -0.2) is 71.9 Å². The Morgan fingerprint density at radius 3 is 2.27 bits per heavy atom. The number of anilines is 1. The van der Waals surface area contributed by atoms with E-state index in [0.29, 0.717) is 35.1 Å². The van der Waals surface area contributed by atoms with Gasteiger partial charge in [-0.15, -0.1) is 12.4 Å². The molecule has 1 amide bonds. The highest BCUT2D eigenvalue weighted by molar-refractivity contribution is 7.90. The van der Waals surface area contributed by atoms with E-state index in [9.17, 15) is 13.2 Å². The molecule has 11 heteroatoms. The largest absolute Gasteiger partial charge is 0.495 e. The number of halogens is 1. The van der Waals surface area contributed by atoms with Crippen LogP contribution in [0.15, 0.2) is 41.3 Å². The molecule has 0 saturated heterocycles. The lowest BCUT2D eigenvalue weighted by Crippen LogP contribution is -2.34. The number of hydrogen-bond donors (Lipinski definition) is 0. The zero-order valence-electron chi connectivity index (χ0n) is 19.2. The molecule has 0 atom stereocenters. The first-order chi connectivity index (χ1) is 15.2. The summed E-state index contributed by atoms with van der Waals surface area (Å²) in [6, 6.07) is 9.81. The van der Waals surface area contributed by atoms with Crippen LogP contribution in [0.1, 0.15) is 16.8 Å². The van der Waals surface area contributed by atoms with Gasteiger partial charge in [-0.1, -0.05) is 23.5 Å². The number of fused-ring (bicyclic) bond motifs is 1. The minimum atomic E-state index is -3.59. The molecule has 0 radical (unpaired) electrons. The maximum atomic E-state index is 13.6. The van der Waals surface area contributed by atoms with Gasteiger partial charge in [0.05, 0.1) is 24.7 Å². The first-order valence-corrected chi connectivity index (χ1v) is 12.7. The molecule has 3 rings (SSSR count). The van der Waals surface area contributed by atoms with Crippen molar-refractivity contribution in [3.8, 4) is 11.5 Å². The summed E-state index contributed by atoms with van der Waals surface area (Å²) in [5, 5.41) is 0.454. The lowest BCUT2D eigenvalue weighted by atomic mass is 10.2. The Morgan fingerprint density at radius 1 is 1.03 bits per heavy atom. The molecule has 1 aromatic heterocycles. The van der Waals surface area contributed by atoms with Crippen molar-refractivity contribution in [3.63, 3.8) is 0 Å². The van der Waals surface area contributed by atoms with Crippen molar-refractivity contribution < 1.29 is 22.7 Å². The van der Waals surface area contributed by atoms with Gasteiger partial charge in [0.2, 0.25) is 0 Å². The fraction of sp³-hybridized carbons (Fsp3) is 0.364. The number of methoxy groups -OCH3 is 2. The SMILES string of the molecule is COc1ccc(OC)c2sc(N(CCCN(C)C)C(=O)c3ccccc3S(C)(=O)=O)nc12.Cl. The van der Waals surface area contributed by atoms with Gasteiger partial charge in [0.1, 0.15) is 21.7 Å². The number of carbonyl (C=O) groups excluding carboxylic acids is 1. The van der Waals surface area contributed by atoms with Crippen molar-refractivity contribution in [1.82, 2.24) is 9.88 Å². The van der Waals surface area contributed by atoms with Gasteiger partial charge in [0.15, 0.2) is 15.0 Å². The molecule has 0 aliphatic carbocycles. The number of hydrogen-bond acceptors (Lipinski definition) is 8. The van der Waals surface area contributed by atoms with Gasteiger partial charge in [0, 0.05) is 12.8 Å². The topological polar surface area (TPSA) is 89.0 Å². The predicted molar refractivity (Wildman–Crippen MR) is 134 cm³/mol. The molecular formula is C22H28ClN3O5S2. The van der Waals surface area contributed by atoms with Gasteiger partial charge < -0.3 is 14.4 Å². The summed E-state index contributed by atoms with van der Waals surface area (Å²) in [5.41, 5.74) is 0.715. The second-order valence-electron chi connectivity index (χ2n) is 7.53. The fourth-order valence-corrected chi connectivity index (χ4v) is 5.31. The van der Waals surface area contributed by atoms with Crippen molar-refractivity contribution in [2.45, 2.75) is 11.3 Å². The molecular weight excluding hydrogens is 486 g/mol. The minimum absolute atomic E-state index is 0. The molecule has 1 heterocycles. The van der Waals surface area contributed by atoms with Crippen molar-refractivity contribution in [2.75, 3.05) is 52.6 Å². The number of thiazole rings is 1. The third kappa shape index (κ3) is 5.94. The van der Waals surface area contributed by atoms with E-state index in [4.69, 9.17) is 9.47 Å². The van der Waals surface area contributed by atoms with E-state index in [2.05, 4.69) is 4.98 Å². The van der Waals surface area contributed by atoms with E-state index in [1.54, 1.807) is 38.5 Å². The summed E-state index contributed by atoms with van der Waals surface area (Å²) in [6.45, 7) is 1.13. The maximum Gasteiger partial charge on any atom is 0.261 e. The molecule has 0 saturated carbocycles. The molecule has 2 aromatic carbocycles. The van der Waals surface area contributed by atoms with Crippen LogP contribution in [0.2, 0.25) is 0 Å². The van der Waals surface area contributed by atoms with Crippen LogP contribution in [0.5, 0.6) is 11.5 Å². The Morgan fingerprint density at radius 2 is 1.67 bits per heavy atom. The van der Waals surface area contributed by atoms with Crippen molar-refractivity contribution in [2.24, 2.45) is 0 Å². The Labute approximate surface area is 204 Å². The van der Waals surface area contributed by atoms with Crippen LogP contribution in [0.25, 0.3) is 10.2 Å². The average molecular weight is 514 g/mol. The molecule has 0 aliphatic rings. The number of rotatable bonds is 9. The van der Waals surface area contributed by atoms with Crippen LogP contribution < -0.4 is 14.4 Å². The zero-order valence-corrected chi connectivity index (χ0v) is 21.6. The summed E-state index contributed by atoms with van der Waals surface area (Å²) in [5.74, 6) is 0.782. The summed E-state index contributed by atoms with van der Waals surface area (Å²) in [7, 11) is 3.46. The van der Waals surface area contributed by atoms with Crippen molar-refractivity contribution in [1.29, 1.82) is 0 Å². The van der Waals surface area contributed by atoms with E-state index in [-0.39, 0.29) is 22.9 Å². The lowest BCUT2D eigenvalue weighted by Gasteiger charge is -2.22. The molecule has 0 spiro atoms. The fourth-order valence-electron chi connectivity index (χ4n) is 3.33. The molecule has 3 aromatic rings. The minimum Gasteiger partial charge on any atom is -0.495 e. The molecule has 0 aliphatic heterocycles. The zero-order chi connectivity index (χ0) is 23.5. The molecule has 0 fully saturated rings. The van der Waals surface area contributed by atoms with Crippen LogP contribution in [0.4, 0.5) is 5.13 Å². The Bertz CT molecular complexity index is 1190. The Hall–Kier alpha value is -2.40. The lowest BCUT2D eigenvalue weighted by molar-refractivity contribution is 0.0983. The summed E-state index contributed by atoms with van der Waals surface area (Å²) < 4.78 is 36.3. The first-order valence-electron chi connectivity index (χ1n) is 9.94. The highest BCUT2D eigenvalue weighted by atomic mass is 35.5. The predicted octanol–water partition coefficient (Wildman–Crippen LogP) is 3.74. The van der Waals surface area contributed by atoms with Crippen LogP contribution in [-0.2, 0) is 9.84 Å². The summed E-state index contributed by atoms with van der Waals surface area (Å²) >= 11 is 1.31. The number of carbonyl (C=O) groups is 1. The number of amides is 1. The third-order valence-corrected chi connectivity index (χ3v) is 7.13. The maximum absolute atomic E-state index is 13.6. The third-order valence-electron chi connectivity index (χ3n) is 4.88. The van der Waals surface area contributed by atoms with Gasteiger partial charge in [-0.2, -0.15) is 0 Å². The number of benzene rings is 2. The molecule has 8 nitrogen and oxygen atoms in total. The van der Waals surface area contributed by atoms with E-state index in [0.717, 1.165) is 17.5 Å². The molecule has 0 bridgehead atoms. The monoisotopic (exact) mass is 513 g/mol. The van der Waals surface area contributed by atoms with Crippen LogP contribution in [0.3, 0.4) is 0 Å². The van der Waals surface area contributed by atoms with E-state index >= 15 is 0 Å².